The molecule has 2 aromatic rings. The first kappa shape index (κ1) is 41.6. The highest BCUT2D eigenvalue weighted by Crippen LogP contribution is 2.41. The molecule has 2 atom stereocenters. The molecule has 0 bridgehead atoms. The molecule has 2 N–H and O–H groups in total. The predicted molar refractivity (Wildman–Crippen MR) is 225 cm³/mol. The summed E-state index contributed by atoms with van der Waals surface area (Å²) < 4.78 is 0. The Labute approximate surface area is 307 Å². The average Bonchev–Trinajstić information content (AvgIpc) is 3.03. The van der Waals surface area contributed by atoms with Crippen molar-refractivity contribution >= 4 is 50.0 Å². The first-order chi connectivity index (χ1) is 22.6. The van der Waals surface area contributed by atoms with Gasteiger partial charge >= 0.3 is 0 Å². The molecule has 272 valence electrons. The molecular formula is C42H72O2S2Si2. The van der Waals surface area contributed by atoms with Gasteiger partial charge in [-0.25, -0.2) is 0 Å². The van der Waals surface area contributed by atoms with Crippen LogP contribution in [0.25, 0.3) is 0 Å². The van der Waals surface area contributed by atoms with E-state index in [9.17, 15) is 10.2 Å². The summed E-state index contributed by atoms with van der Waals surface area (Å²) in [6.07, 6.45) is 7.72. The summed E-state index contributed by atoms with van der Waals surface area (Å²) in [4.78, 5) is 0. The minimum Gasteiger partial charge on any atom is -0.508 e. The van der Waals surface area contributed by atoms with Gasteiger partial charge in [0, 0.05) is 33.1 Å². The standard InChI is InChI=1S/C42H72O2S2Si2/c1-13-47(14-2,15-3)37-27-33(41(7,8)9)25-31(39(37)43)29-45-35-23-21-19-20-22-24-36(35)46-30-32-26-34(42(10,11)12)28-38(40(32)44)48(16-4,17-5)18-6/h25-28,35-36,43-44H,13-24,29-30H2,1-12H3/t35-,36?/m0/s1. The maximum absolute atomic E-state index is 11.9. The molecule has 0 amide bonds. The van der Waals surface area contributed by atoms with Gasteiger partial charge in [0.25, 0.3) is 0 Å². The van der Waals surface area contributed by atoms with Crippen molar-refractivity contribution in [2.75, 3.05) is 0 Å². The third kappa shape index (κ3) is 9.53. The van der Waals surface area contributed by atoms with Gasteiger partial charge in [-0.05, 0) is 45.2 Å². The van der Waals surface area contributed by atoms with Gasteiger partial charge in [-0.15, -0.1) is 0 Å². The second-order valence-electron chi connectivity index (χ2n) is 16.9. The number of hydrogen-bond donors (Lipinski definition) is 2. The Hall–Kier alpha value is -0.826. The fraction of sp³-hybridized carbons (Fsp3) is 0.714. The second kappa shape index (κ2) is 17.6. The highest BCUT2D eigenvalue weighted by Gasteiger charge is 2.36. The van der Waals surface area contributed by atoms with Gasteiger partial charge in [-0.3, -0.25) is 0 Å². The van der Waals surface area contributed by atoms with Crippen LogP contribution in [0.4, 0.5) is 0 Å². The van der Waals surface area contributed by atoms with Gasteiger partial charge in [-0.1, -0.05) is 169 Å². The average molecular weight is 729 g/mol. The number of rotatable bonds is 14. The van der Waals surface area contributed by atoms with Crippen LogP contribution in [0.1, 0.15) is 144 Å². The van der Waals surface area contributed by atoms with Crippen molar-refractivity contribution in [3.05, 3.63) is 46.5 Å². The Bertz CT molecular complexity index is 1200. The summed E-state index contributed by atoms with van der Waals surface area (Å²) in [5.74, 6) is 2.96. The lowest BCUT2D eigenvalue weighted by molar-refractivity contribution is 0.472. The van der Waals surface area contributed by atoms with Crippen molar-refractivity contribution in [3.8, 4) is 11.5 Å². The first-order valence-electron chi connectivity index (χ1n) is 19.5. The molecule has 1 saturated carbocycles. The number of hydrogen-bond acceptors (Lipinski definition) is 4. The Morgan fingerprint density at radius 3 is 1.12 bits per heavy atom. The van der Waals surface area contributed by atoms with E-state index in [0.29, 0.717) is 22.0 Å². The van der Waals surface area contributed by atoms with E-state index in [2.05, 4.69) is 131 Å². The molecule has 6 heteroatoms. The van der Waals surface area contributed by atoms with Crippen molar-refractivity contribution in [3.63, 3.8) is 0 Å². The smallest absolute Gasteiger partial charge is 0.118 e. The quantitative estimate of drug-likeness (QED) is 0.190. The molecule has 2 aromatic carbocycles. The van der Waals surface area contributed by atoms with Crippen molar-refractivity contribution in [1.82, 2.24) is 0 Å². The van der Waals surface area contributed by atoms with Crippen LogP contribution in [0, 0.1) is 0 Å². The fourth-order valence-corrected chi connectivity index (χ4v) is 18.7. The van der Waals surface area contributed by atoms with E-state index >= 15 is 0 Å². The normalized spacial score (nSPS) is 18.5. The van der Waals surface area contributed by atoms with Gasteiger partial charge in [0.05, 0.1) is 16.1 Å². The molecule has 1 aliphatic rings. The highest BCUT2D eigenvalue weighted by atomic mass is 32.2. The summed E-state index contributed by atoms with van der Waals surface area (Å²) in [5.41, 5.74) is 5.15. The molecule has 3 rings (SSSR count). The maximum atomic E-state index is 11.9. The lowest BCUT2D eigenvalue weighted by Crippen LogP contribution is -2.46. The lowest BCUT2D eigenvalue weighted by atomic mass is 9.86. The zero-order valence-corrected chi connectivity index (χ0v) is 36.7. The van der Waals surface area contributed by atoms with E-state index in [1.54, 1.807) is 0 Å². The second-order valence-corrected chi connectivity index (χ2v) is 29.8. The van der Waals surface area contributed by atoms with Crippen LogP contribution in [0.3, 0.4) is 0 Å². The SMILES string of the molecule is CC[Si](CC)(CC)c1cc(C(C)(C)C)cc(CSC2CCCCCC[C@@H]2SCc2cc(C(C)(C)C)cc([Si](CC)(CC)CC)c2O)c1O. The van der Waals surface area contributed by atoms with Gasteiger partial charge in [-0.2, -0.15) is 23.5 Å². The molecule has 48 heavy (non-hydrogen) atoms. The summed E-state index contributed by atoms with van der Waals surface area (Å²) in [7, 11) is -3.52. The number of phenolic OH excluding ortho intramolecular Hbond substituents is 2. The molecule has 0 aromatic heterocycles. The summed E-state index contributed by atoms with van der Waals surface area (Å²) in [5, 5.41) is 27.5. The monoisotopic (exact) mass is 728 g/mol. The largest absolute Gasteiger partial charge is 0.508 e. The van der Waals surface area contributed by atoms with Crippen molar-refractivity contribution in [1.29, 1.82) is 0 Å². The van der Waals surface area contributed by atoms with E-state index in [4.69, 9.17) is 0 Å². The zero-order valence-electron chi connectivity index (χ0n) is 33.1. The molecule has 0 heterocycles. The predicted octanol–water partition coefficient (Wildman–Crippen LogP) is 12.4. The third-order valence-corrected chi connectivity index (χ3v) is 26.6. The minimum atomic E-state index is -1.76. The maximum Gasteiger partial charge on any atom is 0.118 e. The van der Waals surface area contributed by atoms with Crippen molar-refractivity contribution < 1.29 is 10.2 Å². The Morgan fingerprint density at radius 1 is 0.542 bits per heavy atom. The van der Waals surface area contributed by atoms with Crippen LogP contribution in [0.15, 0.2) is 24.3 Å². The topological polar surface area (TPSA) is 40.5 Å². The van der Waals surface area contributed by atoms with Gasteiger partial charge in [0.2, 0.25) is 0 Å². The number of thioether (sulfide) groups is 2. The molecule has 1 aliphatic carbocycles. The molecule has 2 nitrogen and oxygen atoms in total. The molecule has 0 spiro atoms. The van der Waals surface area contributed by atoms with E-state index < -0.39 is 16.1 Å². The lowest BCUT2D eigenvalue weighted by Gasteiger charge is -2.34. The minimum absolute atomic E-state index is 0.0477. The van der Waals surface area contributed by atoms with Gasteiger partial charge in [0.1, 0.15) is 11.5 Å². The van der Waals surface area contributed by atoms with Gasteiger partial charge in [0.15, 0.2) is 0 Å². The molecule has 1 fully saturated rings. The molecule has 0 aliphatic heterocycles. The first-order valence-corrected chi connectivity index (χ1v) is 26.9. The Kier molecular flexibility index (Phi) is 15.2. The number of aromatic hydroxyl groups is 2. The third-order valence-electron chi connectivity index (χ3n) is 12.4. The van der Waals surface area contributed by atoms with E-state index in [-0.39, 0.29) is 10.8 Å². The van der Waals surface area contributed by atoms with E-state index in [0.717, 1.165) is 22.6 Å². The molecule has 0 saturated heterocycles. The summed E-state index contributed by atoms with van der Waals surface area (Å²) >= 11 is 4.20. The number of benzene rings is 2. The molecule has 1 unspecified atom stereocenters. The molecule has 0 radical (unpaired) electrons. The van der Waals surface area contributed by atoms with E-state index in [1.807, 2.05) is 0 Å². The number of phenols is 2. The summed E-state index contributed by atoms with van der Waals surface area (Å²) in [6, 6.07) is 16.5. The van der Waals surface area contributed by atoms with Crippen LogP contribution in [-0.4, -0.2) is 36.9 Å². The highest BCUT2D eigenvalue weighted by molar-refractivity contribution is 8.03. The van der Waals surface area contributed by atoms with Crippen molar-refractivity contribution in [2.45, 2.75) is 191 Å². The summed E-state index contributed by atoms with van der Waals surface area (Å²) in [6.45, 7) is 28.0. The van der Waals surface area contributed by atoms with Crippen LogP contribution in [0.2, 0.25) is 36.3 Å². The molecular weight excluding hydrogens is 657 g/mol. The zero-order chi connectivity index (χ0) is 35.9. The van der Waals surface area contributed by atoms with Crippen LogP contribution >= 0.6 is 23.5 Å². The van der Waals surface area contributed by atoms with Gasteiger partial charge < -0.3 is 10.2 Å². The van der Waals surface area contributed by atoms with Crippen molar-refractivity contribution in [2.24, 2.45) is 0 Å². The van der Waals surface area contributed by atoms with Crippen LogP contribution in [0.5, 0.6) is 11.5 Å². The fourth-order valence-electron chi connectivity index (χ4n) is 8.12. The van der Waals surface area contributed by atoms with E-state index in [1.165, 1.54) is 96.3 Å². The van der Waals surface area contributed by atoms with Crippen LogP contribution < -0.4 is 10.4 Å². The van der Waals surface area contributed by atoms with Crippen LogP contribution in [-0.2, 0) is 22.3 Å². The Balaban J connectivity index is 1.98. The Morgan fingerprint density at radius 2 is 0.854 bits per heavy atom.